The second-order valence-electron chi connectivity index (χ2n) is 3.31. The largest absolute Gasteiger partial charge is 0.481 e. The standard InChI is InChI=1S/C11H12F2INO3/c1-3-18-8(16)5-6-4-7(17-2)15-11(14)9(6)10(12)13/h4,10H,3,5H2,1-2H3. The predicted octanol–water partition coefficient (Wildman–Crippen LogP) is 2.74. The highest BCUT2D eigenvalue weighted by molar-refractivity contribution is 14.1. The van der Waals surface area contributed by atoms with Crippen molar-refractivity contribution in [1.82, 2.24) is 4.98 Å². The maximum absolute atomic E-state index is 12.9. The predicted molar refractivity (Wildman–Crippen MR) is 68.8 cm³/mol. The van der Waals surface area contributed by atoms with Gasteiger partial charge in [-0.2, -0.15) is 0 Å². The van der Waals surface area contributed by atoms with Crippen molar-refractivity contribution in [3.8, 4) is 5.88 Å². The quantitative estimate of drug-likeness (QED) is 0.454. The molecule has 0 aromatic carbocycles. The van der Waals surface area contributed by atoms with Crippen LogP contribution in [0.15, 0.2) is 6.07 Å². The number of carbonyl (C=O) groups is 1. The molecule has 18 heavy (non-hydrogen) atoms. The van der Waals surface area contributed by atoms with E-state index in [0.717, 1.165) is 0 Å². The first-order chi connectivity index (χ1) is 8.49. The summed E-state index contributed by atoms with van der Waals surface area (Å²) < 4.78 is 35.6. The average molecular weight is 371 g/mol. The molecule has 0 unspecified atom stereocenters. The molecule has 0 spiro atoms. The highest BCUT2D eigenvalue weighted by atomic mass is 127. The van der Waals surface area contributed by atoms with Gasteiger partial charge in [-0.05, 0) is 35.1 Å². The van der Waals surface area contributed by atoms with Crippen LogP contribution in [0.5, 0.6) is 5.88 Å². The van der Waals surface area contributed by atoms with E-state index in [4.69, 9.17) is 9.47 Å². The molecule has 4 nitrogen and oxygen atoms in total. The molecular formula is C11H12F2INO3. The van der Waals surface area contributed by atoms with Gasteiger partial charge in [0.15, 0.2) is 0 Å². The van der Waals surface area contributed by atoms with Crippen LogP contribution in [-0.4, -0.2) is 24.7 Å². The lowest BCUT2D eigenvalue weighted by molar-refractivity contribution is -0.142. The number of ether oxygens (including phenoxy) is 2. The van der Waals surface area contributed by atoms with E-state index in [1.807, 2.05) is 0 Å². The molecule has 1 heterocycles. The van der Waals surface area contributed by atoms with Gasteiger partial charge in [-0.3, -0.25) is 4.79 Å². The second-order valence-corrected chi connectivity index (χ2v) is 4.33. The zero-order valence-corrected chi connectivity index (χ0v) is 12.0. The molecule has 0 N–H and O–H groups in total. The molecule has 0 aliphatic heterocycles. The van der Waals surface area contributed by atoms with Crippen molar-refractivity contribution in [3.05, 3.63) is 20.9 Å². The van der Waals surface area contributed by atoms with Crippen molar-refractivity contribution in [2.45, 2.75) is 19.8 Å². The first-order valence-electron chi connectivity index (χ1n) is 5.16. The Hall–Kier alpha value is -0.990. The zero-order valence-electron chi connectivity index (χ0n) is 9.87. The number of halogens is 3. The number of alkyl halides is 2. The van der Waals surface area contributed by atoms with Crippen molar-refractivity contribution in [1.29, 1.82) is 0 Å². The van der Waals surface area contributed by atoms with Gasteiger partial charge in [-0.15, -0.1) is 0 Å². The fraction of sp³-hybridized carbons (Fsp3) is 0.455. The van der Waals surface area contributed by atoms with Gasteiger partial charge in [-0.25, -0.2) is 13.8 Å². The van der Waals surface area contributed by atoms with Crippen molar-refractivity contribution in [2.75, 3.05) is 13.7 Å². The molecular weight excluding hydrogens is 359 g/mol. The average Bonchev–Trinajstić information content (AvgIpc) is 2.27. The van der Waals surface area contributed by atoms with Crippen molar-refractivity contribution in [3.63, 3.8) is 0 Å². The number of hydrogen-bond acceptors (Lipinski definition) is 4. The lowest BCUT2D eigenvalue weighted by Crippen LogP contribution is -2.11. The van der Waals surface area contributed by atoms with Gasteiger partial charge >= 0.3 is 5.97 Å². The van der Waals surface area contributed by atoms with Crippen LogP contribution < -0.4 is 4.74 Å². The summed E-state index contributed by atoms with van der Waals surface area (Å²) in [5.41, 5.74) is -0.0656. The molecule has 7 heteroatoms. The molecule has 1 aromatic rings. The molecule has 1 aromatic heterocycles. The van der Waals surface area contributed by atoms with Gasteiger partial charge in [0, 0.05) is 6.07 Å². The molecule has 0 aliphatic rings. The molecule has 0 saturated carbocycles. The van der Waals surface area contributed by atoms with Crippen LogP contribution in [0.4, 0.5) is 8.78 Å². The molecule has 0 saturated heterocycles. The monoisotopic (exact) mass is 371 g/mol. The van der Waals surface area contributed by atoms with E-state index in [1.165, 1.54) is 13.2 Å². The third-order valence-electron chi connectivity index (χ3n) is 2.14. The van der Waals surface area contributed by atoms with Crippen LogP contribution in [0.25, 0.3) is 0 Å². The molecule has 0 fully saturated rings. The summed E-state index contributed by atoms with van der Waals surface area (Å²) in [7, 11) is 1.38. The zero-order chi connectivity index (χ0) is 13.7. The molecule has 0 aliphatic carbocycles. The van der Waals surface area contributed by atoms with Gasteiger partial charge in [0.2, 0.25) is 5.88 Å². The van der Waals surface area contributed by atoms with Gasteiger partial charge < -0.3 is 9.47 Å². The third kappa shape index (κ3) is 3.76. The fourth-order valence-electron chi connectivity index (χ4n) is 1.40. The number of nitrogens with zero attached hydrogens (tertiary/aromatic N) is 1. The summed E-state index contributed by atoms with van der Waals surface area (Å²) in [5.74, 6) is -0.355. The maximum atomic E-state index is 12.9. The minimum Gasteiger partial charge on any atom is -0.481 e. The smallest absolute Gasteiger partial charge is 0.310 e. The minimum atomic E-state index is -2.69. The molecule has 0 amide bonds. The third-order valence-corrected chi connectivity index (χ3v) is 2.96. The Bertz CT molecular complexity index is 441. The van der Waals surface area contributed by atoms with Gasteiger partial charge in [0.05, 0.1) is 25.7 Å². The van der Waals surface area contributed by atoms with Gasteiger partial charge in [-0.1, -0.05) is 0 Å². The normalized spacial score (nSPS) is 10.6. The number of pyridine rings is 1. The molecule has 100 valence electrons. The van der Waals surface area contributed by atoms with Crippen molar-refractivity contribution in [2.24, 2.45) is 0 Å². The fourth-order valence-corrected chi connectivity index (χ4v) is 2.22. The first kappa shape index (κ1) is 15.1. The van der Waals surface area contributed by atoms with Crippen molar-refractivity contribution < 1.29 is 23.0 Å². The highest BCUT2D eigenvalue weighted by Crippen LogP contribution is 2.30. The maximum Gasteiger partial charge on any atom is 0.310 e. The second kappa shape index (κ2) is 6.81. The van der Waals surface area contributed by atoms with Gasteiger partial charge in [0.25, 0.3) is 6.43 Å². The summed E-state index contributed by atoms with van der Waals surface area (Å²) in [6, 6.07) is 1.33. The Labute approximate surface area is 117 Å². The minimum absolute atomic E-state index is 0.126. The van der Waals surface area contributed by atoms with E-state index >= 15 is 0 Å². The number of carbonyl (C=O) groups excluding carboxylic acids is 1. The Morgan fingerprint density at radius 3 is 2.72 bits per heavy atom. The SMILES string of the molecule is CCOC(=O)Cc1cc(OC)nc(I)c1C(F)F. The van der Waals surface area contributed by atoms with Crippen LogP contribution in [0.2, 0.25) is 0 Å². The van der Waals surface area contributed by atoms with E-state index in [9.17, 15) is 13.6 Å². The van der Waals surface area contributed by atoms with Crippen LogP contribution in [0.1, 0.15) is 24.5 Å². The topological polar surface area (TPSA) is 48.4 Å². The highest BCUT2D eigenvalue weighted by Gasteiger charge is 2.21. The van der Waals surface area contributed by atoms with Crippen LogP contribution in [0, 0.1) is 3.70 Å². The molecule has 0 bridgehead atoms. The van der Waals surface area contributed by atoms with E-state index in [1.54, 1.807) is 29.5 Å². The Balaban J connectivity index is 3.13. The van der Waals surface area contributed by atoms with Crippen LogP contribution in [0.3, 0.4) is 0 Å². The number of rotatable bonds is 5. The Morgan fingerprint density at radius 1 is 1.56 bits per heavy atom. The molecule has 0 atom stereocenters. The Kier molecular flexibility index (Phi) is 5.70. The van der Waals surface area contributed by atoms with E-state index in [2.05, 4.69) is 4.98 Å². The molecule has 1 rings (SSSR count). The summed E-state index contributed by atoms with van der Waals surface area (Å²) >= 11 is 1.70. The lowest BCUT2D eigenvalue weighted by Gasteiger charge is -2.11. The van der Waals surface area contributed by atoms with Crippen LogP contribution in [-0.2, 0) is 16.0 Å². The summed E-state index contributed by atoms with van der Waals surface area (Å²) in [4.78, 5) is 15.2. The Morgan fingerprint density at radius 2 is 2.22 bits per heavy atom. The summed E-state index contributed by atoms with van der Waals surface area (Å²) in [6.07, 6.45) is -2.91. The lowest BCUT2D eigenvalue weighted by atomic mass is 10.1. The van der Waals surface area contributed by atoms with E-state index < -0.39 is 12.4 Å². The van der Waals surface area contributed by atoms with E-state index in [0.29, 0.717) is 0 Å². The number of esters is 1. The van der Waals surface area contributed by atoms with Gasteiger partial charge in [0.1, 0.15) is 3.70 Å². The first-order valence-corrected chi connectivity index (χ1v) is 6.24. The van der Waals surface area contributed by atoms with Crippen molar-refractivity contribution >= 4 is 28.6 Å². The summed E-state index contributed by atoms with van der Waals surface area (Å²) in [6.45, 7) is 1.87. The van der Waals surface area contributed by atoms with E-state index in [-0.39, 0.29) is 33.7 Å². The number of aromatic nitrogens is 1. The van der Waals surface area contributed by atoms with Crippen LogP contribution >= 0.6 is 22.6 Å². The molecule has 0 radical (unpaired) electrons. The summed E-state index contributed by atoms with van der Waals surface area (Å²) in [5, 5.41) is 0. The number of methoxy groups -OCH3 is 1. The number of hydrogen-bond donors (Lipinski definition) is 0.